The molecule has 6 heteroatoms. The molecule has 0 saturated carbocycles. The number of carbonyl (C=O) groups is 2. The Morgan fingerprint density at radius 1 is 1.04 bits per heavy atom. The quantitative estimate of drug-likeness (QED) is 0.783. The lowest BCUT2D eigenvalue weighted by atomic mass is 9.94. The van der Waals surface area contributed by atoms with E-state index >= 15 is 0 Å². The fourth-order valence-electron chi connectivity index (χ4n) is 2.40. The number of benzene rings is 1. The number of carbonyl (C=O) groups excluding carboxylic acids is 2. The Bertz CT molecular complexity index is 561. The largest absolute Gasteiger partial charge is 0.339 e. The van der Waals surface area contributed by atoms with E-state index in [2.05, 4.69) is 0 Å². The van der Waals surface area contributed by atoms with E-state index in [-0.39, 0.29) is 17.2 Å². The summed E-state index contributed by atoms with van der Waals surface area (Å²) in [6.07, 6.45) is 0. The van der Waals surface area contributed by atoms with Crippen LogP contribution in [0, 0.1) is 5.41 Å². The summed E-state index contributed by atoms with van der Waals surface area (Å²) >= 11 is 7.36. The van der Waals surface area contributed by atoms with Crippen LogP contribution >= 0.6 is 23.4 Å². The molecule has 0 unspecified atom stereocenters. The van der Waals surface area contributed by atoms with Crippen LogP contribution in [0.3, 0.4) is 0 Å². The highest BCUT2D eigenvalue weighted by atomic mass is 35.5. The van der Waals surface area contributed by atoms with Crippen LogP contribution in [0.15, 0.2) is 29.2 Å². The zero-order chi connectivity index (χ0) is 17.0. The number of thioether (sulfide) groups is 1. The van der Waals surface area contributed by atoms with Crippen LogP contribution in [0.5, 0.6) is 0 Å². The van der Waals surface area contributed by atoms with Crippen LogP contribution in [-0.2, 0) is 9.59 Å². The smallest absolute Gasteiger partial charge is 0.233 e. The molecule has 4 nitrogen and oxygen atoms in total. The molecule has 1 saturated heterocycles. The second-order valence-electron chi connectivity index (χ2n) is 6.67. The summed E-state index contributed by atoms with van der Waals surface area (Å²) in [6.45, 7) is 8.24. The maximum atomic E-state index is 12.3. The van der Waals surface area contributed by atoms with E-state index < -0.39 is 0 Å². The predicted molar refractivity (Wildman–Crippen MR) is 94.8 cm³/mol. The molecule has 0 N–H and O–H groups in total. The monoisotopic (exact) mass is 354 g/mol. The first kappa shape index (κ1) is 18.1. The van der Waals surface area contributed by atoms with Gasteiger partial charge in [0, 0.05) is 41.5 Å². The highest BCUT2D eigenvalue weighted by Crippen LogP contribution is 2.22. The second kappa shape index (κ2) is 7.58. The van der Waals surface area contributed by atoms with Crippen molar-refractivity contribution >= 4 is 35.2 Å². The molecular formula is C17H23ClN2O2S. The Labute approximate surface area is 147 Å². The molecule has 1 aromatic rings. The van der Waals surface area contributed by atoms with Crippen LogP contribution in [0.2, 0.25) is 5.02 Å². The van der Waals surface area contributed by atoms with Crippen molar-refractivity contribution in [3.8, 4) is 0 Å². The summed E-state index contributed by atoms with van der Waals surface area (Å²) in [7, 11) is 0. The van der Waals surface area contributed by atoms with Gasteiger partial charge in [-0.25, -0.2) is 0 Å². The van der Waals surface area contributed by atoms with Crippen molar-refractivity contribution in [3.05, 3.63) is 29.3 Å². The van der Waals surface area contributed by atoms with Crippen molar-refractivity contribution < 1.29 is 9.59 Å². The normalized spacial score (nSPS) is 15.7. The lowest BCUT2D eigenvalue weighted by molar-refractivity contribution is -0.144. The minimum atomic E-state index is -0.364. The number of halogens is 1. The molecule has 0 bridgehead atoms. The standard InChI is InChI=1S/C17H23ClN2O2S/c1-17(2,3)16(22)20-10-8-19(9-11-20)15(21)12-23-14-6-4-13(18)5-7-14/h4-7H,8-12H2,1-3H3. The minimum absolute atomic E-state index is 0.118. The van der Waals surface area contributed by atoms with Crippen molar-refractivity contribution in [3.63, 3.8) is 0 Å². The molecule has 1 fully saturated rings. The zero-order valence-electron chi connectivity index (χ0n) is 13.8. The number of piperazine rings is 1. The number of nitrogens with zero attached hydrogens (tertiary/aromatic N) is 2. The lowest BCUT2D eigenvalue weighted by Crippen LogP contribution is -2.53. The molecule has 2 amide bonds. The molecule has 126 valence electrons. The summed E-state index contributed by atoms with van der Waals surface area (Å²) in [6, 6.07) is 7.48. The molecule has 23 heavy (non-hydrogen) atoms. The number of rotatable bonds is 3. The maximum absolute atomic E-state index is 12.3. The molecule has 0 spiro atoms. The minimum Gasteiger partial charge on any atom is -0.339 e. The van der Waals surface area contributed by atoms with E-state index in [1.165, 1.54) is 11.8 Å². The van der Waals surface area contributed by atoms with Gasteiger partial charge in [-0.3, -0.25) is 9.59 Å². The molecule has 1 heterocycles. The molecule has 2 rings (SSSR count). The Balaban J connectivity index is 1.79. The van der Waals surface area contributed by atoms with Crippen LogP contribution in [0.4, 0.5) is 0 Å². The fourth-order valence-corrected chi connectivity index (χ4v) is 3.33. The summed E-state index contributed by atoms with van der Waals surface area (Å²) in [5, 5.41) is 0.695. The van der Waals surface area contributed by atoms with Gasteiger partial charge < -0.3 is 9.80 Å². The summed E-state index contributed by atoms with van der Waals surface area (Å²) in [4.78, 5) is 29.3. The van der Waals surface area contributed by atoms with E-state index in [4.69, 9.17) is 11.6 Å². The Hall–Kier alpha value is -1.20. The van der Waals surface area contributed by atoms with Gasteiger partial charge in [0.1, 0.15) is 0 Å². The van der Waals surface area contributed by atoms with Gasteiger partial charge in [0.05, 0.1) is 5.75 Å². The van der Waals surface area contributed by atoms with Crippen molar-refractivity contribution in [1.82, 2.24) is 9.80 Å². The summed E-state index contributed by atoms with van der Waals surface area (Å²) in [5.41, 5.74) is -0.364. The highest BCUT2D eigenvalue weighted by Gasteiger charge is 2.30. The number of hydrogen-bond acceptors (Lipinski definition) is 3. The molecule has 0 aliphatic carbocycles. The third kappa shape index (κ3) is 5.15. The van der Waals surface area contributed by atoms with Gasteiger partial charge >= 0.3 is 0 Å². The first-order chi connectivity index (χ1) is 10.8. The first-order valence-corrected chi connectivity index (χ1v) is 9.09. The van der Waals surface area contributed by atoms with Gasteiger partial charge in [-0.05, 0) is 24.3 Å². The Kier molecular flexibility index (Phi) is 5.98. The SMILES string of the molecule is CC(C)(C)C(=O)N1CCN(C(=O)CSc2ccc(Cl)cc2)CC1. The third-order valence-electron chi connectivity index (χ3n) is 3.74. The van der Waals surface area contributed by atoms with E-state index in [0.717, 1.165) is 4.90 Å². The number of hydrogen-bond donors (Lipinski definition) is 0. The Morgan fingerprint density at radius 3 is 2.09 bits per heavy atom. The summed E-state index contributed by atoms with van der Waals surface area (Å²) in [5.74, 6) is 0.683. The van der Waals surface area contributed by atoms with Gasteiger partial charge in [-0.2, -0.15) is 0 Å². The van der Waals surface area contributed by atoms with Crippen molar-refractivity contribution in [2.75, 3.05) is 31.9 Å². The van der Waals surface area contributed by atoms with Crippen LogP contribution in [0.25, 0.3) is 0 Å². The van der Waals surface area contributed by atoms with Gasteiger partial charge in [0.2, 0.25) is 11.8 Å². The van der Waals surface area contributed by atoms with Gasteiger partial charge in [-0.15, -0.1) is 11.8 Å². The molecule has 0 atom stereocenters. The second-order valence-corrected chi connectivity index (χ2v) is 8.15. The third-order valence-corrected chi connectivity index (χ3v) is 4.99. The van der Waals surface area contributed by atoms with E-state index in [0.29, 0.717) is 37.0 Å². The van der Waals surface area contributed by atoms with Crippen molar-refractivity contribution in [1.29, 1.82) is 0 Å². The highest BCUT2D eigenvalue weighted by molar-refractivity contribution is 8.00. The average molecular weight is 355 g/mol. The predicted octanol–water partition coefficient (Wildman–Crippen LogP) is 3.15. The molecular weight excluding hydrogens is 332 g/mol. The van der Waals surface area contributed by atoms with E-state index in [1.54, 1.807) is 0 Å². The summed E-state index contributed by atoms with van der Waals surface area (Å²) < 4.78 is 0. The Morgan fingerprint density at radius 2 is 1.57 bits per heavy atom. The van der Waals surface area contributed by atoms with Crippen LogP contribution < -0.4 is 0 Å². The van der Waals surface area contributed by atoms with Crippen LogP contribution in [0.1, 0.15) is 20.8 Å². The van der Waals surface area contributed by atoms with Gasteiger partial charge in [0.25, 0.3) is 0 Å². The van der Waals surface area contributed by atoms with Crippen molar-refractivity contribution in [2.24, 2.45) is 5.41 Å². The first-order valence-electron chi connectivity index (χ1n) is 7.73. The molecule has 1 aliphatic rings. The molecule has 1 aromatic carbocycles. The van der Waals surface area contributed by atoms with Crippen molar-refractivity contribution in [2.45, 2.75) is 25.7 Å². The zero-order valence-corrected chi connectivity index (χ0v) is 15.4. The van der Waals surface area contributed by atoms with Crippen LogP contribution in [-0.4, -0.2) is 53.5 Å². The van der Waals surface area contributed by atoms with E-state index in [9.17, 15) is 9.59 Å². The molecule has 1 aliphatic heterocycles. The van der Waals surface area contributed by atoms with Gasteiger partial charge in [-0.1, -0.05) is 32.4 Å². The van der Waals surface area contributed by atoms with Gasteiger partial charge in [0.15, 0.2) is 0 Å². The molecule has 0 aromatic heterocycles. The average Bonchev–Trinajstić information content (AvgIpc) is 2.52. The maximum Gasteiger partial charge on any atom is 0.233 e. The molecule has 0 radical (unpaired) electrons. The number of amides is 2. The van der Waals surface area contributed by atoms with E-state index in [1.807, 2.05) is 54.8 Å². The fraction of sp³-hybridized carbons (Fsp3) is 0.529. The lowest BCUT2D eigenvalue weighted by Gasteiger charge is -2.37. The topological polar surface area (TPSA) is 40.6 Å².